The number of ether oxygens (including phenoxy) is 1. The first-order chi connectivity index (χ1) is 7.25. The molecule has 0 saturated heterocycles. The highest BCUT2D eigenvalue weighted by Crippen LogP contribution is 2.29. The Hall–Kier alpha value is -0.870. The molecule has 0 saturated carbocycles. The zero-order chi connectivity index (χ0) is 10.7. The highest BCUT2D eigenvalue weighted by atomic mass is 79.9. The van der Waals surface area contributed by atoms with Crippen molar-refractivity contribution < 1.29 is 4.74 Å². The number of pyridine rings is 1. The average molecular weight is 329 g/mol. The van der Waals surface area contributed by atoms with E-state index in [0.717, 1.165) is 10.2 Å². The molecule has 4 heteroatoms. The van der Waals surface area contributed by atoms with Crippen LogP contribution < -0.4 is 4.74 Å². The minimum atomic E-state index is 0.689. The van der Waals surface area contributed by atoms with E-state index < -0.39 is 0 Å². The van der Waals surface area contributed by atoms with Crippen molar-refractivity contribution >= 4 is 31.9 Å². The van der Waals surface area contributed by atoms with Gasteiger partial charge in [0.15, 0.2) is 5.75 Å². The van der Waals surface area contributed by atoms with E-state index in [4.69, 9.17) is 4.74 Å². The molecule has 2 aromatic rings. The zero-order valence-electron chi connectivity index (χ0n) is 7.65. The first kappa shape index (κ1) is 10.6. The molecule has 0 fully saturated rings. The molecule has 15 heavy (non-hydrogen) atoms. The summed E-state index contributed by atoms with van der Waals surface area (Å²) >= 11 is 6.68. The third kappa shape index (κ3) is 2.79. The van der Waals surface area contributed by atoms with Crippen LogP contribution in [0, 0.1) is 0 Å². The predicted molar refractivity (Wildman–Crippen MR) is 66.2 cm³/mol. The number of rotatable bonds is 2. The zero-order valence-corrected chi connectivity index (χ0v) is 10.8. The fourth-order valence-corrected chi connectivity index (χ4v) is 1.70. The largest absolute Gasteiger partial charge is 0.454 e. The Kier molecular flexibility index (Phi) is 3.38. The van der Waals surface area contributed by atoms with Gasteiger partial charge >= 0.3 is 0 Å². The van der Waals surface area contributed by atoms with E-state index in [-0.39, 0.29) is 0 Å². The van der Waals surface area contributed by atoms with Gasteiger partial charge < -0.3 is 4.74 Å². The maximum absolute atomic E-state index is 5.65. The second-order valence-electron chi connectivity index (χ2n) is 2.86. The van der Waals surface area contributed by atoms with Gasteiger partial charge in [-0.25, -0.2) is 4.98 Å². The Morgan fingerprint density at radius 3 is 2.53 bits per heavy atom. The van der Waals surface area contributed by atoms with Gasteiger partial charge in [-0.05, 0) is 50.1 Å². The fraction of sp³-hybridized carbons (Fsp3) is 0. The van der Waals surface area contributed by atoms with Crippen LogP contribution in [0.2, 0.25) is 0 Å². The summed E-state index contributed by atoms with van der Waals surface area (Å²) in [6, 6.07) is 11.5. The molecule has 0 N–H and O–H groups in total. The summed E-state index contributed by atoms with van der Waals surface area (Å²) in [5, 5.41) is 0. The quantitative estimate of drug-likeness (QED) is 0.762. The molecule has 0 spiro atoms. The van der Waals surface area contributed by atoms with Crippen LogP contribution in [0.4, 0.5) is 0 Å². The monoisotopic (exact) mass is 327 g/mol. The molecule has 0 bridgehead atoms. The molecule has 2 rings (SSSR count). The normalized spacial score (nSPS) is 10.0. The minimum Gasteiger partial charge on any atom is -0.454 e. The molecule has 0 atom stereocenters. The molecular formula is C11H7Br2NO. The Balaban J connectivity index is 2.28. The molecule has 0 aliphatic rings. The van der Waals surface area contributed by atoms with Gasteiger partial charge in [0.25, 0.3) is 0 Å². The minimum absolute atomic E-state index is 0.689. The highest BCUT2D eigenvalue weighted by Gasteiger charge is 2.04. The van der Waals surface area contributed by atoms with Gasteiger partial charge in [0.2, 0.25) is 0 Å². The lowest BCUT2D eigenvalue weighted by Crippen LogP contribution is -1.87. The van der Waals surface area contributed by atoms with Gasteiger partial charge in [0, 0.05) is 10.7 Å². The van der Waals surface area contributed by atoms with Crippen LogP contribution in [0.1, 0.15) is 0 Å². The Labute approximate surface area is 105 Å². The van der Waals surface area contributed by atoms with Crippen molar-refractivity contribution in [3.05, 3.63) is 51.7 Å². The van der Waals surface area contributed by atoms with E-state index in [0.29, 0.717) is 10.4 Å². The molecular weight excluding hydrogens is 322 g/mol. The lowest BCUT2D eigenvalue weighted by molar-refractivity contribution is 0.476. The van der Waals surface area contributed by atoms with Crippen molar-refractivity contribution in [1.82, 2.24) is 4.98 Å². The van der Waals surface area contributed by atoms with Crippen molar-refractivity contribution in [2.45, 2.75) is 0 Å². The SMILES string of the molecule is Brc1cnc(Br)c(Oc2ccccc2)c1. The third-order valence-corrected chi connectivity index (χ3v) is 2.77. The van der Waals surface area contributed by atoms with E-state index in [1.165, 1.54) is 0 Å². The number of nitrogens with zero attached hydrogens (tertiary/aromatic N) is 1. The predicted octanol–water partition coefficient (Wildman–Crippen LogP) is 4.40. The molecule has 1 aromatic carbocycles. The van der Waals surface area contributed by atoms with Crippen molar-refractivity contribution in [3.8, 4) is 11.5 Å². The smallest absolute Gasteiger partial charge is 0.161 e. The average Bonchev–Trinajstić information content (AvgIpc) is 2.25. The number of hydrogen-bond acceptors (Lipinski definition) is 2. The van der Waals surface area contributed by atoms with Crippen molar-refractivity contribution in [1.29, 1.82) is 0 Å². The van der Waals surface area contributed by atoms with Gasteiger partial charge in [-0.1, -0.05) is 18.2 Å². The van der Waals surface area contributed by atoms with Crippen LogP contribution in [-0.2, 0) is 0 Å². The fourth-order valence-electron chi connectivity index (χ4n) is 1.09. The van der Waals surface area contributed by atoms with Gasteiger partial charge in [0.1, 0.15) is 10.4 Å². The second kappa shape index (κ2) is 4.77. The number of hydrogen-bond donors (Lipinski definition) is 0. The van der Waals surface area contributed by atoms with E-state index in [1.807, 2.05) is 36.4 Å². The summed E-state index contributed by atoms with van der Waals surface area (Å²) in [6.07, 6.45) is 1.71. The Morgan fingerprint density at radius 2 is 1.80 bits per heavy atom. The van der Waals surface area contributed by atoms with Crippen LogP contribution >= 0.6 is 31.9 Å². The number of benzene rings is 1. The lowest BCUT2D eigenvalue weighted by atomic mass is 10.3. The number of aromatic nitrogens is 1. The standard InChI is InChI=1S/C11H7Br2NO/c12-8-6-10(11(13)14-7-8)15-9-4-2-1-3-5-9/h1-7H. The van der Waals surface area contributed by atoms with Crippen molar-refractivity contribution in [2.75, 3.05) is 0 Å². The molecule has 1 heterocycles. The molecule has 0 aliphatic carbocycles. The van der Waals surface area contributed by atoms with E-state index >= 15 is 0 Å². The van der Waals surface area contributed by atoms with Gasteiger partial charge in [-0.3, -0.25) is 0 Å². The second-order valence-corrected chi connectivity index (χ2v) is 4.52. The summed E-state index contributed by atoms with van der Waals surface area (Å²) in [7, 11) is 0. The van der Waals surface area contributed by atoms with Crippen LogP contribution in [0.25, 0.3) is 0 Å². The summed E-state index contributed by atoms with van der Waals surface area (Å²) in [5.74, 6) is 1.48. The molecule has 76 valence electrons. The van der Waals surface area contributed by atoms with E-state index in [9.17, 15) is 0 Å². The molecule has 2 nitrogen and oxygen atoms in total. The third-order valence-electron chi connectivity index (χ3n) is 1.74. The van der Waals surface area contributed by atoms with E-state index in [1.54, 1.807) is 6.20 Å². The maximum atomic E-state index is 5.65. The Morgan fingerprint density at radius 1 is 1.07 bits per heavy atom. The summed E-state index contributed by atoms with van der Waals surface area (Å²) < 4.78 is 7.23. The van der Waals surface area contributed by atoms with Crippen LogP contribution in [0.3, 0.4) is 0 Å². The summed E-state index contributed by atoms with van der Waals surface area (Å²) in [6.45, 7) is 0. The first-order valence-corrected chi connectivity index (χ1v) is 5.88. The van der Waals surface area contributed by atoms with Crippen LogP contribution in [-0.4, -0.2) is 4.98 Å². The Bertz CT molecular complexity index is 459. The molecule has 1 aromatic heterocycles. The molecule has 0 unspecified atom stereocenters. The van der Waals surface area contributed by atoms with Gasteiger partial charge in [-0.2, -0.15) is 0 Å². The molecule has 0 amide bonds. The van der Waals surface area contributed by atoms with Crippen LogP contribution in [0.5, 0.6) is 11.5 Å². The van der Waals surface area contributed by atoms with Crippen molar-refractivity contribution in [3.63, 3.8) is 0 Å². The number of halogens is 2. The first-order valence-electron chi connectivity index (χ1n) is 4.29. The molecule has 0 aliphatic heterocycles. The maximum Gasteiger partial charge on any atom is 0.161 e. The highest BCUT2D eigenvalue weighted by molar-refractivity contribution is 9.11. The van der Waals surface area contributed by atoms with Gasteiger partial charge in [-0.15, -0.1) is 0 Å². The van der Waals surface area contributed by atoms with Crippen LogP contribution in [0.15, 0.2) is 51.7 Å². The van der Waals surface area contributed by atoms with E-state index in [2.05, 4.69) is 36.8 Å². The van der Waals surface area contributed by atoms with Crippen molar-refractivity contribution in [2.24, 2.45) is 0 Å². The molecule has 0 radical (unpaired) electrons. The van der Waals surface area contributed by atoms with Gasteiger partial charge in [0.05, 0.1) is 0 Å². The summed E-state index contributed by atoms with van der Waals surface area (Å²) in [5.41, 5.74) is 0. The summed E-state index contributed by atoms with van der Waals surface area (Å²) in [4.78, 5) is 4.12. The lowest BCUT2D eigenvalue weighted by Gasteiger charge is -2.06. The topological polar surface area (TPSA) is 22.1 Å². The number of para-hydroxylation sites is 1.